The Morgan fingerprint density at radius 1 is 1.29 bits per heavy atom. The molecule has 0 bridgehead atoms. The van der Waals surface area contributed by atoms with E-state index in [1.54, 1.807) is 6.92 Å². The molecule has 0 aromatic heterocycles. The van der Waals surface area contributed by atoms with Crippen molar-refractivity contribution >= 4 is 11.9 Å². The maximum atomic E-state index is 11.7. The van der Waals surface area contributed by atoms with Gasteiger partial charge in [-0.2, -0.15) is 0 Å². The molecular formula is C12H23NO4. The third-order valence-corrected chi connectivity index (χ3v) is 2.78. The molecule has 2 unspecified atom stereocenters. The SMILES string of the molecule is CCOC(C)(C)CNC(=O)C(C)C(C)C(=O)O. The summed E-state index contributed by atoms with van der Waals surface area (Å²) in [6, 6.07) is 0. The number of carbonyl (C=O) groups is 2. The molecule has 1 amide bonds. The Morgan fingerprint density at radius 2 is 1.82 bits per heavy atom. The zero-order valence-electron chi connectivity index (χ0n) is 11.2. The molecule has 2 atom stereocenters. The monoisotopic (exact) mass is 245 g/mol. The van der Waals surface area contributed by atoms with Crippen molar-refractivity contribution in [3.63, 3.8) is 0 Å². The number of carbonyl (C=O) groups excluding carboxylic acids is 1. The Labute approximate surface area is 103 Å². The van der Waals surface area contributed by atoms with Crippen LogP contribution in [0.3, 0.4) is 0 Å². The van der Waals surface area contributed by atoms with Crippen LogP contribution in [-0.4, -0.2) is 35.7 Å². The van der Waals surface area contributed by atoms with Gasteiger partial charge in [0.2, 0.25) is 5.91 Å². The Bertz CT molecular complexity index is 276. The number of carboxylic acid groups (broad SMARTS) is 1. The van der Waals surface area contributed by atoms with Crippen LogP contribution in [0.4, 0.5) is 0 Å². The van der Waals surface area contributed by atoms with E-state index in [-0.39, 0.29) is 5.91 Å². The molecule has 0 saturated carbocycles. The van der Waals surface area contributed by atoms with E-state index in [9.17, 15) is 9.59 Å². The van der Waals surface area contributed by atoms with Gasteiger partial charge in [-0.3, -0.25) is 9.59 Å². The Hall–Kier alpha value is -1.10. The molecule has 0 fully saturated rings. The minimum Gasteiger partial charge on any atom is -0.481 e. The van der Waals surface area contributed by atoms with Crippen LogP contribution in [0.5, 0.6) is 0 Å². The van der Waals surface area contributed by atoms with Crippen LogP contribution in [0, 0.1) is 11.8 Å². The second-order valence-corrected chi connectivity index (χ2v) is 4.83. The number of nitrogens with one attached hydrogen (secondary N) is 1. The van der Waals surface area contributed by atoms with Crippen LogP contribution in [0.1, 0.15) is 34.6 Å². The fraction of sp³-hybridized carbons (Fsp3) is 0.833. The average Bonchev–Trinajstić information content (AvgIpc) is 2.23. The summed E-state index contributed by atoms with van der Waals surface area (Å²) < 4.78 is 5.44. The number of hydrogen-bond acceptors (Lipinski definition) is 3. The highest BCUT2D eigenvalue weighted by atomic mass is 16.5. The highest BCUT2D eigenvalue weighted by Gasteiger charge is 2.27. The van der Waals surface area contributed by atoms with Crippen LogP contribution in [-0.2, 0) is 14.3 Å². The number of ether oxygens (including phenoxy) is 1. The van der Waals surface area contributed by atoms with E-state index in [1.165, 1.54) is 6.92 Å². The highest BCUT2D eigenvalue weighted by Crippen LogP contribution is 2.12. The highest BCUT2D eigenvalue weighted by molar-refractivity contribution is 5.84. The van der Waals surface area contributed by atoms with Gasteiger partial charge in [-0.05, 0) is 20.8 Å². The fourth-order valence-electron chi connectivity index (χ4n) is 1.34. The number of rotatable bonds is 7. The van der Waals surface area contributed by atoms with Crippen molar-refractivity contribution in [2.75, 3.05) is 13.2 Å². The molecule has 0 aliphatic carbocycles. The van der Waals surface area contributed by atoms with Gasteiger partial charge in [0.15, 0.2) is 0 Å². The molecule has 0 aromatic carbocycles. The van der Waals surface area contributed by atoms with E-state index < -0.39 is 23.4 Å². The van der Waals surface area contributed by atoms with Gasteiger partial charge in [-0.15, -0.1) is 0 Å². The van der Waals surface area contributed by atoms with Crippen molar-refractivity contribution < 1.29 is 19.4 Å². The molecule has 0 heterocycles. The minimum atomic E-state index is -0.961. The molecule has 0 saturated heterocycles. The molecule has 0 aromatic rings. The van der Waals surface area contributed by atoms with Gasteiger partial charge < -0.3 is 15.2 Å². The summed E-state index contributed by atoms with van der Waals surface area (Å²) in [5.41, 5.74) is -0.434. The van der Waals surface area contributed by atoms with Gasteiger partial charge in [0.1, 0.15) is 0 Å². The maximum absolute atomic E-state index is 11.7. The van der Waals surface area contributed by atoms with Gasteiger partial charge in [0, 0.05) is 19.1 Å². The van der Waals surface area contributed by atoms with Gasteiger partial charge in [-0.1, -0.05) is 13.8 Å². The van der Waals surface area contributed by atoms with Crippen molar-refractivity contribution in [2.45, 2.75) is 40.2 Å². The van der Waals surface area contributed by atoms with Gasteiger partial charge in [0.25, 0.3) is 0 Å². The first-order chi connectivity index (χ1) is 7.71. The minimum absolute atomic E-state index is 0.257. The summed E-state index contributed by atoms with van der Waals surface area (Å²) in [7, 11) is 0. The zero-order valence-corrected chi connectivity index (χ0v) is 11.2. The van der Waals surface area contributed by atoms with Crippen molar-refractivity contribution in [1.82, 2.24) is 5.32 Å². The lowest BCUT2D eigenvalue weighted by molar-refractivity contribution is -0.146. The summed E-state index contributed by atoms with van der Waals surface area (Å²) in [5.74, 6) is -2.46. The van der Waals surface area contributed by atoms with E-state index in [0.29, 0.717) is 13.2 Å². The number of aliphatic carboxylic acids is 1. The lowest BCUT2D eigenvalue weighted by atomic mass is 9.95. The fourth-order valence-corrected chi connectivity index (χ4v) is 1.34. The smallest absolute Gasteiger partial charge is 0.307 e. The quantitative estimate of drug-likeness (QED) is 0.708. The van der Waals surface area contributed by atoms with Gasteiger partial charge >= 0.3 is 5.97 Å². The normalized spacial score (nSPS) is 15.1. The molecule has 0 aliphatic heterocycles. The maximum Gasteiger partial charge on any atom is 0.307 e. The van der Waals surface area contributed by atoms with Crippen LogP contribution in [0.15, 0.2) is 0 Å². The summed E-state index contributed by atoms with van der Waals surface area (Å²) in [6.07, 6.45) is 0. The summed E-state index contributed by atoms with van der Waals surface area (Å²) >= 11 is 0. The molecule has 0 aliphatic rings. The summed E-state index contributed by atoms with van der Waals surface area (Å²) in [4.78, 5) is 22.5. The molecule has 0 spiro atoms. The lowest BCUT2D eigenvalue weighted by Gasteiger charge is -2.26. The molecule has 100 valence electrons. The van der Waals surface area contributed by atoms with Gasteiger partial charge in [0.05, 0.1) is 11.5 Å². The molecule has 2 N–H and O–H groups in total. The van der Waals surface area contributed by atoms with E-state index in [0.717, 1.165) is 0 Å². The van der Waals surface area contributed by atoms with E-state index in [4.69, 9.17) is 9.84 Å². The predicted octanol–water partition coefficient (Wildman–Crippen LogP) is 1.27. The topological polar surface area (TPSA) is 75.6 Å². The summed E-state index contributed by atoms with van der Waals surface area (Å²) in [5, 5.41) is 11.5. The first kappa shape index (κ1) is 15.9. The molecule has 5 nitrogen and oxygen atoms in total. The number of carboxylic acids is 1. The number of hydrogen-bond donors (Lipinski definition) is 2. The second-order valence-electron chi connectivity index (χ2n) is 4.83. The number of amides is 1. The van der Waals surface area contributed by atoms with Crippen LogP contribution < -0.4 is 5.32 Å². The molecular weight excluding hydrogens is 222 g/mol. The van der Waals surface area contributed by atoms with E-state index in [2.05, 4.69) is 5.32 Å². The molecule has 0 radical (unpaired) electrons. The third kappa shape index (κ3) is 5.68. The lowest BCUT2D eigenvalue weighted by Crippen LogP contribution is -2.44. The Kier molecular flexibility index (Phi) is 6.16. The zero-order chi connectivity index (χ0) is 13.6. The predicted molar refractivity (Wildman–Crippen MR) is 64.7 cm³/mol. The molecule has 5 heteroatoms. The molecule has 0 rings (SSSR count). The first-order valence-electron chi connectivity index (χ1n) is 5.85. The first-order valence-corrected chi connectivity index (χ1v) is 5.85. The van der Waals surface area contributed by atoms with Crippen molar-refractivity contribution in [3.8, 4) is 0 Å². The standard InChI is InChI=1S/C12H23NO4/c1-6-17-12(4,5)7-13-10(14)8(2)9(3)11(15)16/h8-9H,6-7H2,1-5H3,(H,13,14)(H,15,16). The van der Waals surface area contributed by atoms with Crippen LogP contribution in [0.25, 0.3) is 0 Å². The summed E-state index contributed by atoms with van der Waals surface area (Å²) in [6.45, 7) is 9.73. The van der Waals surface area contributed by atoms with Gasteiger partial charge in [-0.25, -0.2) is 0 Å². The third-order valence-electron chi connectivity index (χ3n) is 2.78. The van der Waals surface area contributed by atoms with E-state index in [1.807, 2.05) is 20.8 Å². The Balaban J connectivity index is 4.23. The molecule has 17 heavy (non-hydrogen) atoms. The largest absolute Gasteiger partial charge is 0.481 e. The van der Waals surface area contributed by atoms with Crippen LogP contribution in [0.2, 0.25) is 0 Å². The van der Waals surface area contributed by atoms with Crippen LogP contribution >= 0.6 is 0 Å². The average molecular weight is 245 g/mol. The Morgan fingerprint density at radius 3 is 2.24 bits per heavy atom. The second kappa shape index (κ2) is 6.59. The van der Waals surface area contributed by atoms with Crippen molar-refractivity contribution in [3.05, 3.63) is 0 Å². The van der Waals surface area contributed by atoms with Crippen molar-refractivity contribution in [2.24, 2.45) is 11.8 Å². The van der Waals surface area contributed by atoms with E-state index >= 15 is 0 Å². The van der Waals surface area contributed by atoms with Crippen molar-refractivity contribution in [1.29, 1.82) is 0 Å².